The van der Waals surface area contributed by atoms with E-state index in [9.17, 15) is 0 Å². The van der Waals surface area contributed by atoms with Crippen molar-refractivity contribution >= 4 is 22.6 Å². The summed E-state index contributed by atoms with van der Waals surface area (Å²) in [6.07, 6.45) is 1.31. The predicted molar refractivity (Wildman–Crippen MR) is 47.9 cm³/mol. The Morgan fingerprint density at radius 1 is 1.25 bits per heavy atom. The summed E-state index contributed by atoms with van der Waals surface area (Å²) in [5.74, 6) is 0. The van der Waals surface area contributed by atoms with Crippen molar-refractivity contribution in [3.05, 3.63) is 0 Å². The number of hydrogen-bond donors (Lipinski definition) is 1. The van der Waals surface area contributed by atoms with E-state index in [0.29, 0.717) is 0 Å². The molecule has 0 spiro atoms. The van der Waals surface area contributed by atoms with Crippen LogP contribution in [0.4, 0.5) is 0 Å². The molecule has 1 nitrogen and oxygen atoms in total. The van der Waals surface area contributed by atoms with E-state index in [4.69, 9.17) is 0 Å². The van der Waals surface area contributed by atoms with Gasteiger partial charge < -0.3 is 4.90 Å². The van der Waals surface area contributed by atoms with E-state index in [2.05, 4.69) is 50.7 Å². The molecule has 0 rings (SSSR count). The number of halogens is 1. The maximum Gasteiger partial charge on any atom is 0.0661 e. The first kappa shape index (κ1) is 11.5. The van der Waals surface area contributed by atoms with E-state index in [0.717, 1.165) is 0 Å². The van der Waals surface area contributed by atoms with Gasteiger partial charge in [-0.05, 0) is 10.8 Å². The van der Waals surface area contributed by atoms with Gasteiger partial charge in [0.15, 0.2) is 0 Å². The lowest BCUT2D eigenvalue weighted by Crippen LogP contribution is -3.02. The molecule has 0 aromatic rings. The second-order valence-corrected chi connectivity index (χ2v) is 3.27. The van der Waals surface area contributed by atoms with Gasteiger partial charge in [-0.15, -0.1) is 0 Å². The van der Waals surface area contributed by atoms with Gasteiger partial charge in [-0.1, -0.05) is 29.5 Å². The highest BCUT2D eigenvalue weighted by Crippen LogP contribution is 1.81. The average Bonchev–Trinajstić information content (AvgIpc) is 1.65. The van der Waals surface area contributed by atoms with Crippen LogP contribution in [0.5, 0.6) is 0 Å². The Kier molecular flexibility index (Phi) is 15.3. The summed E-state index contributed by atoms with van der Waals surface area (Å²) in [5, 5.41) is 0. The smallest absolute Gasteiger partial charge is 0.0661 e. The molecule has 0 amide bonds. The summed E-state index contributed by atoms with van der Waals surface area (Å²) in [7, 11) is 6.25. The van der Waals surface area contributed by atoms with Crippen LogP contribution in [0, 0.1) is 0 Å². The highest BCUT2D eigenvalue weighted by Gasteiger charge is 1.61. The zero-order valence-corrected chi connectivity index (χ0v) is 8.45. The highest BCUT2D eigenvalue weighted by atomic mass is 127. The van der Waals surface area contributed by atoms with Crippen LogP contribution in [0.2, 0.25) is 0 Å². The summed E-state index contributed by atoms with van der Waals surface area (Å²) in [5.41, 5.74) is 0. The molecule has 0 fully saturated rings. The molecular formula is C6H17IN+. The summed E-state index contributed by atoms with van der Waals surface area (Å²) in [6.45, 7) is 2.17. The molecular weight excluding hydrogens is 213 g/mol. The molecule has 0 atom stereocenters. The molecule has 0 unspecified atom stereocenters. The molecule has 0 aliphatic carbocycles. The van der Waals surface area contributed by atoms with Gasteiger partial charge in [-0.3, -0.25) is 0 Å². The van der Waals surface area contributed by atoms with Gasteiger partial charge in [0.1, 0.15) is 0 Å². The van der Waals surface area contributed by atoms with Crippen LogP contribution in [0.15, 0.2) is 0 Å². The lowest BCUT2D eigenvalue weighted by molar-refractivity contribution is -0.836. The maximum atomic E-state index is 2.35. The van der Waals surface area contributed by atoms with Crippen LogP contribution >= 0.6 is 22.6 Å². The number of quaternary nitrogens is 1. The minimum Gasteiger partial charge on any atom is -0.342 e. The fourth-order valence-corrected chi connectivity index (χ4v) is 0. The average molecular weight is 230 g/mol. The zero-order chi connectivity index (χ0) is 6.99. The maximum absolute atomic E-state index is 2.35. The lowest BCUT2D eigenvalue weighted by atomic mass is 10.6. The van der Waals surface area contributed by atoms with Crippen LogP contribution in [0.25, 0.3) is 0 Å². The van der Waals surface area contributed by atoms with E-state index in [1.54, 1.807) is 0 Å². The van der Waals surface area contributed by atoms with Crippen molar-refractivity contribution in [3.63, 3.8) is 0 Å². The molecule has 0 saturated heterocycles. The molecule has 0 aliphatic heterocycles. The second kappa shape index (κ2) is 10.6. The van der Waals surface area contributed by atoms with Gasteiger partial charge in [-0.25, -0.2) is 0 Å². The van der Waals surface area contributed by atoms with Crippen molar-refractivity contribution in [2.45, 2.75) is 13.3 Å². The van der Waals surface area contributed by atoms with Crippen LogP contribution in [0.3, 0.4) is 0 Å². The van der Waals surface area contributed by atoms with Gasteiger partial charge in [-0.2, -0.15) is 0 Å². The van der Waals surface area contributed by atoms with Crippen LogP contribution in [-0.4, -0.2) is 25.6 Å². The first-order valence-corrected chi connectivity index (χ1v) is 4.50. The molecule has 2 heteroatoms. The summed E-state index contributed by atoms with van der Waals surface area (Å²) in [6, 6.07) is 0. The number of nitrogens with one attached hydrogen (secondary N) is 1. The monoisotopic (exact) mass is 230 g/mol. The SMILES string of the molecule is CCCI.C[NH+](C)C. The van der Waals surface area contributed by atoms with E-state index in [-0.39, 0.29) is 0 Å². The third-order valence-corrected chi connectivity index (χ3v) is 1.27. The van der Waals surface area contributed by atoms with Gasteiger partial charge >= 0.3 is 0 Å². The van der Waals surface area contributed by atoms with Crippen LogP contribution < -0.4 is 4.90 Å². The topological polar surface area (TPSA) is 4.44 Å². The largest absolute Gasteiger partial charge is 0.342 e. The standard InChI is InChI=1S/C3H7I.C3H9N/c1-2-3-4;1-4(2)3/h2-3H2,1H3;1-3H3/p+1. The van der Waals surface area contributed by atoms with E-state index in [1.165, 1.54) is 15.7 Å². The van der Waals surface area contributed by atoms with Gasteiger partial charge in [0.25, 0.3) is 0 Å². The Labute approximate surface area is 66.6 Å². The number of rotatable bonds is 1. The highest BCUT2D eigenvalue weighted by molar-refractivity contribution is 14.1. The van der Waals surface area contributed by atoms with Crippen LogP contribution in [-0.2, 0) is 0 Å². The molecule has 52 valence electrons. The third kappa shape index (κ3) is 75.8. The summed E-state index contributed by atoms with van der Waals surface area (Å²) >= 11 is 2.35. The Bertz CT molecular complexity index is 25.0. The summed E-state index contributed by atoms with van der Waals surface area (Å²) < 4.78 is 1.29. The molecule has 0 radical (unpaired) electrons. The number of alkyl halides is 1. The Hall–Kier alpha value is 0.690. The van der Waals surface area contributed by atoms with E-state index < -0.39 is 0 Å². The quantitative estimate of drug-likeness (QED) is 0.496. The van der Waals surface area contributed by atoms with Crippen molar-refractivity contribution in [1.82, 2.24) is 0 Å². The molecule has 1 N–H and O–H groups in total. The van der Waals surface area contributed by atoms with Crippen molar-refractivity contribution in [2.24, 2.45) is 0 Å². The second-order valence-electron chi connectivity index (χ2n) is 2.19. The molecule has 0 aliphatic rings. The van der Waals surface area contributed by atoms with Gasteiger partial charge in [0, 0.05) is 0 Å². The van der Waals surface area contributed by atoms with Gasteiger partial charge in [0.05, 0.1) is 21.1 Å². The minimum absolute atomic E-state index is 1.29. The normalized spacial score (nSPS) is 8.25. The Morgan fingerprint density at radius 3 is 1.38 bits per heavy atom. The first-order chi connectivity index (χ1) is 3.65. The minimum atomic E-state index is 1.29. The van der Waals surface area contributed by atoms with E-state index in [1.807, 2.05) is 0 Å². The molecule has 0 aromatic heterocycles. The third-order valence-electron chi connectivity index (χ3n) is 0.189. The first-order valence-electron chi connectivity index (χ1n) is 2.97. The van der Waals surface area contributed by atoms with Crippen LogP contribution in [0.1, 0.15) is 13.3 Å². The van der Waals surface area contributed by atoms with Crippen molar-refractivity contribution < 1.29 is 4.90 Å². The molecule has 0 heterocycles. The van der Waals surface area contributed by atoms with Crippen molar-refractivity contribution in [1.29, 1.82) is 0 Å². The fourth-order valence-electron chi connectivity index (χ4n) is 0. The summed E-state index contributed by atoms with van der Waals surface area (Å²) in [4.78, 5) is 1.42. The van der Waals surface area contributed by atoms with Gasteiger partial charge in [0.2, 0.25) is 0 Å². The molecule has 8 heavy (non-hydrogen) atoms. The lowest BCUT2D eigenvalue weighted by Gasteiger charge is -1.88. The fraction of sp³-hybridized carbons (Fsp3) is 1.00. The van der Waals surface area contributed by atoms with Crippen molar-refractivity contribution in [2.75, 3.05) is 25.6 Å². The molecule has 0 saturated carbocycles. The Balaban J connectivity index is 0. The Morgan fingerprint density at radius 2 is 1.38 bits per heavy atom. The zero-order valence-electron chi connectivity index (χ0n) is 6.29. The van der Waals surface area contributed by atoms with E-state index >= 15 is 0 Å². The van der Waals surface area contributed by atoms with Crippen molar-refractivity contribution in [3.8, 4) is 0 Å². The predicted octanol–water partition coefficient (Wildman–Crippen LogP) is 0.592. The number of hydrogen-bond acceptors (Lipinski definition) is 0. The molecule has 0 aromatic carbocycles. The molecule has 0 bridgehead atoms.